The minimum absolute atomic E-state index is 0.549. The first-order valence-corrected chi connectivity index (χ1v) is 5.81. The van der Waals surface area contributed by atoms with Gasteiger partial charge in [-0.15, -0.1) is 0 Å². The van der Waals surface area contributed by atoms with E-state index in [-0.39, 0.29) is 0 Å². The lowest BCUT2D eigenvalue weighted by Crippen LogP contribution is -2.01. The van der Waals surface area contributed by atoms with E-state index >= 15 is 0 Å². The maximum absolute atomic E-state index is 5.39. The van der Waals surface area contributed by atoms with Crippen LogP contribution in [0.4, 0.5) is 5.69 Å². The second kappa shape index (κ2) is 5.68. The highest BCUT2D eigenvalue weighted by Gasteiger charge is 1.94. The predicted molar refractivity (Wildman–Crippen MR) is 69.0 cm³/mol. The van der Waals surface area contributed by atoms with Gasteiger partial charge in [0.2, 0.25) is 0 Å². The molecule has 0 aliphatic carbocycles. The molecule has 0 radical (unpaired) electrons. The lowest BCUT2D eigenvalue weighted by molar-refractivity contribution is 0.180. The maximum Gasteiger partial charge on any atom is 0.0996 e. The molecule has 1 N–H and O–H groups in total. The molecule has 0 amide bonds. The van der Waals surface area contributed by atoms with E-state index in [1.807, 2.05) is 54.6 Å². The highest BCUT2D eigenvalue weighted by molar-refractivity contribution is 9.10. The Bertz CT molecular complexity index is 445. The number of anilines is 1. The van der Waals surface area contributed by atoms with Crippen LogP contribution in [0.1, 0.15) is 5.56 Å². The van der Waals surface area contributed by atoms with E-state index in [2.05, 4.69) is 21.4 Å². The molecular weight excluding hydrogens is 266 g/mol. The monoisotopic (exact) mass is 277 g/mol. The lowest BCUT2D eigenvalue weighted by Gasteiger charge is -2.07. The smallest absolute Gasteiger partial charge is 0.0996 e. The molecule has 0 spiro atoms. The van der Waals surface area contributed by atoms with Crippen molar-refractivity contribution in [3.8, 4) is 0 Å². The highest BCUT2D eigenvalue weighted by Crippen LogP contribution is 2.15. The summed E-state index contributed by atoms with van der Waals surface area (Å²) in [5.74, 6) is 0. The third kappa shape index (κ3) is 3.36. The van der Waals surface area contributed by atoms with E-state index < -0.39 is 0 Å². The fourth-order valence-corrected chi connectivity index (χ4v) is 1.73. The van der Waals surface area contributed by atoms with Gasteiger partial charge in [-0.05, 0) is 23.8 Å². The summed E-state index contributed by atoms with van der Waals surface area (Å²) in [5.41, 5.74) is 4.98. The molecule has 0 heterocycles. The number of rotatable bonds is 4. The maximum atomic E-state index is 5.39. The van der Waals surface area contributed by atoms with Gasteiger partial charge in [0.25, 0.3) is 0 Å². The second-order valence-corrected chi connectivity index (χ2v) is 4.30. The summed E-state index contributed by atoms with van der Waals surface area (Å²) >= 11 is 3.40. The Hall–Kier alpha value is -1.32. The molecule has 2 aromatic carbocycles. The van der Waals surface area contributed by atoms with Crippen LogP contribution in [0, 0.1) is 0 Å². The van der Waals surface area contributed by atoms with Gasteiger partial charge in [-0.2, -0.15) is 0 Å². The molecule has 0 atom stereocenters. The van der Waals surface area contributed by atoms with E-state index in [9.17, 15) is 0 Å². The predicted octanol–water partition coefficient (Wildman–Crippen LogP) is 3.99. The molecule has 0 fully saturated rings. The van der Waals surface area contributed by atoms with Gasteiger partial charge < -0.3 is 0 Å². The van der Waals surface area contributed by atoms with Crippen molar-refractivity contribution in [2.75, 3.05) is 5.48 Å². The molecule has 2 nitrogen and oxygen atoms in total. The Kier molecular flexibility index (Phi) is 3.97. The molecule has 2 rings (SSSR count). The number of benzene rings is 2. The van der Waals surface area contributed by atoms with Gasteiger partial charge in [0.1, 0.15) is 0 Å². The van der Waals surface area contributed by atoms with Gasteiger partial charge in [0.05, 0.1) is 12.3 Å². The standard InChI is InChI=1S/C13H12BrNO/c14-12-7-4-8-13(9-12)15-16-10-11-5-2-1-3-6-11/h1-9,15H,10H2. The van der Waals surface area contributed by atoms with Gasteiger partial charge in [-0.3, -0.25) is 10.3 Å². The van der Waals surface area contributed by atoms with Gasteiger partial charge >= 0.3 is 0 Å². The third-order valence-electron chi connectivity index (χ3n) is 2.10. The first-order chi connectivity index (χ1) is 7.84. The molecule has 0 aliphatic rings. The number of hydrogen-bond donors (Lipinski definition) is 1. The first-order valence-electron chi connectivity index (χ1n) is 5.02. The van der Waals surface area contributed by atoms with Crippen LogP contribution in [0.15, 0.2) is 59.1 Å². The van der Waals surface area contributed by atoms with E-state index in [1.165, 1.54) is 0 Å². The van der Waals surface area contributed by atoms with E-state index in [1.54, 1.807) is 0 Å². The van der Waals surface area contributed by atoms with Gasteiger partial charge in [-0.1, -0.05) is 52.3 Å². The molecule has 3 heteroatoms. The zero-order valence-corrected chi connectivity index (χ0v) is 10.3. The fourth-order valence-electron chi connectivity index (χ4n) is 1.33. The topological polar surface area (TPSA) is 21.3 Å². The lowest BCUT2D eigenvalue weighted by atomic mass is 10.2. The second-order valence-electron chi connectivity index (χ2n) is 3.39. The van der Waals surface area contributed by atoms with Crippen LogP contribution in [0.25, 0.3) is 0 Å². The van der Waals surface area contributed by atoms with Crippen LogP contribution in [0.5, 0.6) is 0 Å². The van der Waals surface area contributed by atoms with Crippen molar-refractivity contribution >= 4 is 21.6 Å². The van der Waals surface area contributed by atoms with Crippen LogP contribution >= 0.6 is 15.9 Å². The summed E-state index contributed by atoms with van der Waals surface area (Å²) < 4.78 is 1.03. The van der Waals surface area contributed by atoms with E-state index in [4.69, 9.17) is 4.84 Å². The first kappa shape index (κ1) is 11.2. The Morgan fingerprint density at radius 3 is 2.56 bits per heavy atom. The molecule has 0 saturated heterocycles. The van der Waals surface area contributed by atoms with Crippen molar-refractivity contribution in [2.24, 2.45) is 0 Å². The largest absolute Gasteiger partial charge is 0.271 e. The van der Waals surface area contributed by atoms with Crippen LogP contribution in [-0.4, -0.2) is 0 Å². The number of nitrogens with one attached hydrogen (secondary N) is 1. The van der Waals surface area contributed by atoms with Gasteiger partial charge in [0, 0.05) is 4.47 Å². The zero-order chi connectivity index (χ0) is 11.2. The SMILES string of the molecule is Brc1cccc(NOCc2ccccc2)c1. The molecule has 2 aromatic rings. The molecule has 0 aliphatic heterocycles. The highest BCUT2D eigenvalue weighted by atomic mass is 79.9. The number of halogens is 1. The summed E-state index contributed by atoms with van der Waals surface area (Å²) in [6, 6.07) is 17.9. The van der Waals surface area contributed by atoms with Gasteiger partial charge in [-0.25, -0.2) is 0 Å². The van der Waals surface area contributed by atoms with Crippen molar-refractivity contribution in [2.45, 2.75) is 6.61 Å². The van der Waals surface area contributed by atoms with Crippen LogP contribution in [0.3, 0.4) is 0 Å². The summed E-state index contributed by atoms with van der Waals surface area (Å²) in [5, 5.41) is 0. The normalized spacial score (nSPS) is 10.1. The number of hydrogen-bond acceptors (Lipinski definition) is 2. The Morgan fingerprint density at radius 2 is 1.81 bits per heavy atom. The van der Waals surface area contributed by atoms with Gasteiger partial charge in [0.15, 0.2) is 0 Å². The molecular formula is C13H12BrNO. The minimum Gasteiger partial charge on any atom is -0.271 e. The van der Waals surface area contributed by atoms with Crippen molar-refractivity contribution in [1.29, 1.82) is 0 Å². The summed E-state index contributed by atoms with van der Waals surface area (Å²) in [6.07, 6.45) is 0. The average molecular weight is 278 g/mol. The third-order valence-corrected chi connectivity index (χ3v) is 2.59. The summed E-state index contributed by atoms with van der Waals surface area (Å²) in [4.78, 5) is 5.39. The van der Waals surface area contributed by atoms with Crippen LogP contribution < -0.4 is 5.48 Å². The Balaban J connectivity index is 1.85. The summed E-state index contributed by atoms with van der Waals surface area (Å²) in [7, 11) is 0. The molecule has 0 unspecified atom stereocenters. The van der Waals surface area contributed by atoms with Crippen molar-refractivity contribution < 1.29 is 4.84 Å². The molecule has 0 bridgehead atoms. The Morgan fingerprint density at radius 1 is 1.00 bits per heavy atom. The van der Waals surface area contributed by atoms with Crippen molar-refractivity contribution in [3.63, 3.8) is 0 Å². The minimum atomic E-state index is 0.549. The zero-order valence-electron chi connectivity index (χ0n) is 8.69. The average Bonchev–Trinajstić information content (AvgIpc) is 2.30. The molecule has 0 saturated carbocycles. The van der Waals surface area contributed by atoms with Crippen LogP contribution in [0.2, 0.25) is 0 Å². The fraction of sp³-hybridized carbons (Fsp3) is 0.0769. The quantitative estimate of drug-likeness (QED) is 0.854. The molecule has 82 valence electrons. The Labute approximate surface area is 103 Å². The van der Waals surface area contributed by atoms with E-state index in [0.29, 0.717) is 6.61 Å². The summed E-state index contributed by atoms with van der Waals surface area (Å²) in [6.45, 7) is 0.549. The van der Waals surface area contributed by atoms with E-state index in [0.717, 1.165) is 15.7 Å². The van der Waals surface area contributed by atoms with Crippen LogP contribution in [-0.2, 0) is 11.4 Å². The molecule has 0 aromatic heterocycles. The molecule has 16 heavy (non-hydrogen) atoms. The van der Waals surface area contributed by atoms with Crippen molar-refractivity contribution in [3.05, 3.63) is 64.6 Å². The van der Waals surface area contributed by atoms with Crippen molar-refractivity contribution in [1.82, 2.24) is 0 Å².